The summed E-state index contributed by atoms with van der Waals surface area (Å²) in [5.41, 5.74) is 1.10. The SMILES string of the molecule is N#CC(C#N)=C1N(CCNCc2ccc(CN3CCCCC3)o2)CCN1Cc1ccc(Cl)c(Cl)c1. The molecule has 9 heteroatoms. The average molecular weight is 513 g/mol. The van der Waals surface area contributed by atoms with Crippen molar-refractivity contribution in [3.63, 3.8) is 0 Å². The molecule has 2 aliphatic heterocycles. The van der Waals surface area contributed by atoms with Crippen LogP contribution in [0, 0.1) is 22.7 Å². The summed E-state index contributed by atoms with van der Waals surface area (Å²) < 4.78 is 6.01. The second kappa shape index (κ2) is 12.3. The number of hydrogen-bond acceptors (Lipinski definition) is 7. The fourth-order valence-electron chi connectivity index (χ4n) is 4.69. The Morgan fingerprint density at radius 1 is 0.886 bits per heavy atom. The summed E-state index contributed by atoms with van der Waals surface area (Å²) in [7, 11) is 0. The normalized spacial score (nSPS) is 16.4. The van der Waals surface area contributed by atoms with Gasteiger partial charge in [0.05, 0.1) is 23.1 Å². The molecule has 1 N–H and O–H groups in total. The van der Waals surface area contributed by atoms with E-state index >= 15 is 0 Å². The number of benzene rings is 1. The van der Waals surface area contributed by atoms with E-state index in [-0.39, 0.29) is 5.57 Å². The Hall–Kier alpha value is -2.68. The number of allylic oxidation sites excluding steroid dienone is 1. The minimum absolute atomic E-state index is 0.121. The molecule has 184 valence electrons. The lowest BCUT2D eigenvalue weighted by Crippen LogP contribution is -2.31. The van der Waals surface area contributed by atoms with Gasteiger partial charge in [0.25, 0.3) is 0 Å². The fourth-order valence-corrected chi connectivity index (χ4v) is 5.01. The van der Waals surface area contributed by atoms with E-state index < -0.39 is 0 Å². The first-order chi connectivity index (χ1) is 17.1. The third kappa shape index (κ3) is 6.72. The average Bonchev–Trinajstić information content (AvgIpc) is 3.48. The van der Waals surface area contributed by atoms with Crippen molar-refractivity contribution < 1.29 is 4.42 Å². The Balaban J connectivity index is 1.30. The van der Waals surface area contributed by atoms with Crippen LogP contribution >= 0.6 is 23.2 Å². The lowest BCUT2D eigenvalue weighted by Gasteiger charge is -2.25. The maximum atomic E-state index is 9.55. The van der Waals surface area contributed by atoms with Gasteiger partial charge in [-0.2, -0.15) is 10.5 Å². The van der Waals surface area contributed by atoms with Gasteiger partial charge in [-0.05, 0) is 55.8 Å². The number of piperidine rings is 1. The van der Waals surface area contributed by atoms with Gasteiger partial charge in [-0.15, -0.1) is 0 Å². The van der Waals surface area contributed by atoms with Crippen molar-refractivity contribution in [1.82, 2.24) is 20.0 Å². The zero-order chi connectivity index (χ0) is 24.6. The first-order valence-electron chi connectivity index (χ1n) is 12.1. The first-order valence-corrected chi connectivity index (χ1v) is 12.8. The molecule has 4 rings (SSSR count). The number of rotatable bonds is 9. The van der Waals surface area contributed by atoms with E-state index in [0.29, 0.717) is 42.0 Å². The van der Waals surface area contributed by atoms with Gasteiger partial charge in [-0.25, -0.2) is 0 Å². The van der Waals surface area contributed by atoms with Crippen molar-refractivity contribution >= 4 is 23.2 Å². The molecular weight excluding hydrogens is 483 g/mol. The van der Waals surface area contributed by atoms with Crippen molar-refractivity contribution in [2.24, 2.45) is 0 Å². The molecule has 1 aromatic carbocycles. The van der Waals surface area contributed by atoms with Gasteiger partial charge in [-0.1, -0.05) is 35.7 Å². The van der Waals surface area contributed by atoms with Gasteiger partial charge in [-0.3, -0.25) is 4.90 Å². The summed E-state index contributed by atoms with van der Waals surface area (Å²) in [6.07, 6.45) is 3.87. The van der Waals surface area contributed by atoms with Crippen molar-refractivity contribution in [2.45, 2.75) is 38.9 Å². The summed E-state index contributed by atoms with van der Waals surface area (Å²) in [6, 6.07) is 13.7. The van der Waals surface area contributed by atoms with Crippen LogP contribution in [0.15, 0.2) is 46.1 Å². The van der Waals surface area contributed by atoms with E-state index in [9.17, 15) is 10.5 Å². The summed E-state index contributed by atoms with van der Waals surface area (Å²) in [5.74, 6) is 2.61. The van der Waals surface area contributed by atoms with E-state index in [4.69, 9.17) is 27.6 Å². The fraction of sp³-hybridized carbons (Fsp3) is 0.462. The van der Waals surface area contributed by atoms with Crippen LogP contribution in [0.25, 0.3) is 0 Å². The first kappa shape index (κ1) is 25.4. The molecule has 0 atom stereocenters. The summed E-state index contributed by atoms with van der Waals surface area (Å²) in [5, 5.41) is 23.5. The molecular formula is C26H30Cl2N6O. The maximum absolute atomic E-state index is 9.55. The van der Waals surface area contributed by atoms with Crippen molar-refractivity contribution in [3.05, 3.63) is 68.9 Å². The highest BCUT2D eigenvalue weighted by Gasteiger charge is 2.28. The van der Waals surface area contributed by atoms with Gasteiger partial charge < -0.3 is 19.5 Å². The Kier molecular flexibility index (Phi) is 8.95. The number of furan rings is 1. The van der Waals surface area contributed by atoms with E-state index in [1.807, 2.05) is 18.2 Å². The smallest absolute Gasteiger partial charge is 0.169 e. The zero-order valence-corrected chi connectivity index (χ0v) is 21.3. The van der Waals surface area contributed by atoms with Gasteiger partial charge in [0.2, 0.25) is 0 Å². The summed E-state index contributed by atoms with van der Waals surface area (Å²) in [6.45, 7) is 7.22. The number of likely N-dealkylation sites (tertiary alicyclic amines) is 1. The lowest BCUT2D eigenvalue weighted by atomic mass is 10.1. The molecule has 35 heavy (non-hydrogen) atoms. The second-order valence-electron chi connectivity index (χ2n) is 8.96. The molecule has 3 heterocycles. The maximum Gasteiger partial charge on any atom is 0.169 e. The van der Waals surface area contributed by atoms with Crippen LogP contribution in [0.4, 0.5) is 0 Å². The monoisotopic (exact) mass is 512 g/mol. The highest BCUT2D eigenvalue weighted by atomic mass is 35.5. The molecule has 0 radical (unpaired) electrons. The topological polar surface area (TPSA) is 82.5 Å². The molecule has 2 fully saturated rings. The zero-order valence-electron chi connectivity index (χ0n) is 19.8. The summed E-state index contributed by atoms with van der Waals surface area (Å²) in [4.78, 5) is 6.60. The van der Waals surface area contributed by atoms with Crippen LogP contribution in [-0.2, 0) is 19.6 Å². The number of nitrogens with zero attached hydrogens (tertiary/aromatic N) is 5. The molecule has 0 saturated carbocycles. The molecule has 1 aromatic heterocycles. The van der Waals surface area contributed by atoms with Crippen LogP contribution in [0.1, 0.15) is 36.3 Å². The van der Waals surface area contributed by atoms with Gasteiger partial charge in [0, 0.05) is 32.7 Å². The molecule has 0 aliphatic carbocycles. The minimum atomic E-state index is 0.121. The van der Waals surface area contributed by atoms with Crippen molar-refractivity contribution in [2.75, 3.05) is 39.3 Å². The minimum Gasteiger partial charge on any atom is -0.463 e. The third-order valence-electron chi connectivity index (χ3n) is 6.45. The molecule has 0 spiro atoms. The highest BCUT2D eigenvalue weighted by molar-refractivity contribution is 6.42. The van der Waals surface area contributed by atoms with E-state index in [0.717, 1.165) is 49.8 Å². The molecule has 2 aliphatic rings. The van der Waals surface area contributed by atoms with Crippen molar-refractivity contribution in [3.8, 4) is 12.1 Å². The Labute approximate surface area is 217 Å². The van der Waals surface area contributed by atoms with E-state index in [1.165, 1.54) is 19.3 Å². The van der Waals surface area contributed by atoms with Gasteiger partial charge >= 0.3 is 0 Å². The lowest BCUT2D eigenvalue weighted by molar-refractivity contribution is 0.203. The number of halogens is 2. The van der Waals surface area contributed by atoms with Crippen LogP contribution in [-0.4, -0.2) is 54.0 Å². The predicted octanol–water partition coefficient (Wildman–Crippen LogP) is 4.74. The van der Waals surface area contributed by atoms with Crippen LogP contribution in [0.5, 0.6) is 0 Å². The van der Waals surface area contributed by atoms with Crippen LogP contribution < -0.4 is 5.32 Å². The Morgan fingerprint density at radius 3 is 2.37 bits per heavy atom. The van der Waals surface area contributed by atoms with Gasteiger partial charge in [0.1, 0.15) is 29.5 Å². The van der Waals surface area contributed by atoms with Crippen molar-refractivity contribution in [1.29, 1.82) is 10.5 Å². The quantitative estimate of drug-likeness (QED) is 0.383. The summed E-state index contributed by atoms with van der Waals surface area (Å²) >= 11 is 12.2. The number of nitriles is 2. The molecule has 0 amide bonds. The van der Waals surface area contributed by atoms with Crippen LogP contribution in [0.3, 0.4) is 0 Å². The standard InChI is InChI=1S/C26H30Cl2N6O/c27-24-7-4-20(14-25(24)28)18-34-13-12-33(26(34)21(15-29)16-30)11-8-31-17-22-5-6-23(35-22)19-32-9-2-1-3-10-32/h4-7,14,31H,1-3,8-13,17-19H2. The van der Waals surface area contributed by atoms with Gasteiger partial charge in [0.15, 0.2) is 5.57 Å². The third-order valence-corrected chi connectivity index (χ3v) is 7.19. The Bertz CT molecular complexity index is 1110. The molecule has 2 saturated heterocycles. The van der Waals surface area contributed by atoms with Crippen LogP contribution in [0.2, 0.25) is 10.0 Å². The molecule has 2 aromatic rings. The molecule has 0 bridgehead atoms. The molecule has 7 nitrogen and oxygen atoms in total. The van der Waals surface area contributed by atoms with E-state index in [1.54, 1.807) is 6.07 Å². The van der Waals surface area contributed by atoms with E-state index in [2.05, 4.69) is 38.2 Å². The highest BCUT2D eigenvalue weighted by Crippen LogP contribution is 2.27. The Morgan fingerprint density at radius 2 is 1.63 bits per heavy atom. The number of nitrogens with one attached hydrogen (secondary N) is 1. The largest absolute Gasteiger partial charge is 0.463 e. The second-order valence-corrected chi connectivity index (χ2v) is 9.78. The predicted molar refractivity (Wildman–Crippen MR) is 136 cm³/mol. The molecule has 0 unspecified atom stereocenters. The number of hydrogen-bond donors (Lipinski definition) is 1.